The van der Waals surface area contributed by atoms with E-state index in [0.717, 1.165) is 67.3 Å². The highest BCUT2D eigenvalue weighted by molar-refractivity contribution is 6.35. The summed E-state index contributed by atoms with van der Waals surface area (Å²) in [7, 11) is 0. The fourth-order valence-corrected chi connectivity index (χ4v) is 6.84. The molecule has 2 atom stereocenters. The molecule has 37 heavy (non-hydrogen) atoms. The Morgan fingerprint density at radius 1 is 1.16 bits per heavy atom. The summed E-state index contributed by atoms with van der Waals surface area (Å²) in [6.45, 7) is 8.17. The van der Waals surface area contributed by atoms with E-state index in [2.05, 4.69) is 16.7 Å². The molecular formula is C27H32Cl2N6O2. The van der Waals surface area contributed by atoms with E-state index in [1.54, 1.807) is 6.07 Å². The lowest BCUT2D eigenvalue weighted by Gasteiger charge is -2.50. The summed E-state index contributed by atoms with van der Waals surface area (Å²) in [5.41, 5.74) is 3.35. The van der Waals surface area contributed by atoms with E-state index in [9.17, 15) is 9.90 Å². The first-order valence-corrected chi connectivity index (χ1v) is 13.9. The molecule has 8 nitrogen and oxygen atoms in total. The van der Waals surface area contributed by atoms with Crippen LogP contribution in [-0.2, 0) is 4.79 Å². The molecule has 3 aliphatic rings. The molecule has 0 radical (unpaired) electrons. The van der Waals surface area contributed by atoms with E-state index in [4.69, 9.17) is 38.3 Å². The molecule has 6 rings (SSSR count). The number of aryl methyl sites for hydroxylation is 1. The van der Waals surface area contributed by atoms with Gasteiger partial charge < -0.3 is 14.9 Å². The zero-order chi connectivity index (χ0) is 25.8. The molecule has 0 amide bonds. The van der Waals surface area contributed by atoms with Gasteiger partial charge in [0.1, 0.15) is 11.3 Å². The Balaban J connectivity index is 1.14. The Hall–Kier alpha value is -2.42. The number of anilines is 1. The van der Waals surface area contributed by atoms with Gasteiger partial charge in [0.05, 0.1) is 23.9 Å². The number of likely N-dealkylation sites (tertiary alicyclic amines) is 1. The first kappa shape index (κ1) is 24.9. The maximum atomic E-state index is 11.2. The highest BCUT2D eigenvalue weighted by atomic mass is 35.5. The number of hydrogen-bond acceptors (Lipinski definition) is 6. The second-order valence-electron chi connectivity index (χ2n) is 11.0. The molecule has 0 spiro atoms. The molecule has 2 aliphatic heterocycles. The molecule has 1 saturated carbocycles. The van der Waals surface area contributed by atoms with Gasteiger partial charge in [0.15, 0.2) is 5.65 Å². The minimum absolute atomic E-state index is 0.116. The summed E-state index contributed by atoms with van der Waals surface area (Å²) >= 11 is 12.6. The molecule has 2 aromatic heterocycles. The first-order valence-electron chi connectivity index (χ1n) is 13.2. The van der Waals surface area contributed by atoms with Crippen LogP contribution >= 0.6 is 23.2 Å². The van der Waals surface area contributed by atoms with Crippen LogP contribution in [0.3, 0.4) is 0 Å². The summed E-state index contributed by atoms with van der Waals surface area (Å²) in [5.74, 6) is 1.39. The fraction of sp³-hybridized carbons (Fsp3) is 0.556. The Kier molecular flexibility index (Phi) is 6.53. The lowest BCUT2D eigenvalue weighted by molar-refractivity contribution is -0.147. The topological polar surface area (TPSA) is 87.4 Å². The number of benzene rings is 1. The van der Waals surface area contributed by atoms with Crippen molar-refractivity contribution in [3.63, 3.8) is 0 Å². The number of aromatic nitrogens is 4. The lowest BCUT2D eigenvalue weighted by atomic mass is 9.76. The van der Waals surface area contributed by atoms with Crippen LogP contribution < -0.4 is 4.90 Å². The van der Waals surface area contributed by atoms with Gasteiger partial charge in [-0.05, 0) is 75.6 Å². The predicted molar refractivity (Wildman–Crippen MR) is 144 cm³/mol. The minimum Gasteiger partial charge on any atom is -0.481 e. The lowest BCUT2D eigenvalue weighted by Crippen LogP contribution is -2.56. The second-order valence-corrected chi connectivity index (χ2v) is 11.8. The number of hydrogen-bond donors (Lipinski definition) is 1. The molecule has 196 valence electrons. The van der Waals surface area contributed by atoms with Crippen molar-refractivity contribution in [2.75, 3.05) is 31.1 Å². The monoisotopic (exact) mass is 542 g/mol. The smallest absolute Gasteiger partial charge is 0.306 e. The van der Waals surface area contributed by atoms with E-state index in [-0.39, 0.29) is 12.0 Å². The van der Waals surface area contributed by atoms with E-state index in [1.165, 1.54) is 12.8 Å². The van der Waals surface area contributed by atoms with Crippen LogP contribution in [0, 0.1) is 24.7 Å². The van der Waals surface area contributed by atoms with Gasteiger partial charge in [-0.1, -0.05) is 29.3 Å². The quantitative estimate of drug-likeness (QED) is 0.465. The van der Waals surface area contributed by atoms with Crippen molar-refractivity contribution in [2.45, 2.75) is 51.6 Å². The van der Waals surface area contributed by atoms with Crippen LogP contribution in [0.5, 0.6) is 0 Å². The molecule has 4 heterocycles. The average Bonchev–Trinajstić information content (AvgIpc) is 3.13. The van der Waals surface area contributed by atoms with Crippen molar-refractivity contribution in [1.29, 1.82) is 0 Å². The largest absolute Gasteiger partial charge is 0.481 e. The minimum atomic E-state index is -0.639. The number of halogens is 2. The van der Waals surface area contributed by atoms with Gasteiger partial charge in [0.25, 0.3) is 0 Å². The maximum Gasteiger partial charge on any atom is 0.306 e. The van der Waals surface area contributed by atoms with Crippen LogP contribution in [0.1, 0.15) is 49.9 Å². The summed E-state index contributed by atoms with van der Waals surface area (Å²) in [6.07, 6.45) is 5.93. The Morgan fingerprint density at radius 2 is 1.95 bits per heavy atom. The fourth-order valence-electron chi connectivity index (χ4n) is 6.28. The molecule has 1 aromatic carbocycles. The van der Waals surface area contributed by atoms with E-state index >= 15 is 0 Å². The van der Waals surface area contributed by atoms with E-state index in [1.807, 2.05) is 29.9 Å². The van der Waals surface area contributed by atoms with Gasteiger partial charge in [-0.25, -0.2) is 14.6 Å². The number of carboxylic acid groups (broad SMARTS) is 1. The number of fused-ring (bicyclic) bond motifs is 1. The van der Waals surface area contributed by atoms with Crippen molar-refractivity contribution in [3.8, 4) is 0 Å². The summed E-state index contributed by atoms with van der Waals surface area (Å²) in [5, 5.41) is 15.2. The van der Waals surface area contributed by atoms with Crippen molar-refractivity contribution < 1.29 is 9.90 Å². The van der Waals surface area contributed by atoms with Crippen LogP contribution in [0.4, 0.5) is 5.82 Å². The molecule has 10 heteroatoms. The van der Waals surface area contributed by atoms with Crippen molar-refractivity contribution in [2.24, 2.45) is 17.8 Å². The van der Waals surface area contributed by atoms with E-state index in [0.29, 0.717) is 27.9 Å². The van der Waals surface area contributed by atoms with Crippen LogP contribution in [-0.4, -0.2) is 67.9 Å². The van der Waals surface area contributed by atoms with Gasteiger partial charge in [0.2, 0.25) is 0 Å². The van der Waals surface area contributed by atoms with Crippen molar-refractivity contribution in [3.05, 3.63) is 45.7 Å². The van der Waals surface area contributed by atoms with Crippen molar-refractivity contribution in [1.82, 2.24) is 24.6 Å². The number of piperidine rings is 1. The molecule has 1 N–H and O–H groups in total. The molecule has 2 unspecified atom stereocenters. The zero-order valence-corrected chi connectivity index (χ0v) is 22.7. The molecule has 1 aliphatic carbocycles. The highest BCUT2D eigenvalue weighted by Crippen LogP contribution is 2.38. The van der Waals surface area contributed by atoms with Crippen LogP contribution in [0.15, 0.2) is 24.4 Å². The summed E-state index contributed by atoms with van der Waals surface area (Å²) in [4.78, 5) is 25.8. The Bertz CT molecular complexity index is 1330. The normalized spacial score (nSPS) is 25.6. The first-order chi connectivity index (χ1) is 17.8. The number of nitrogens with zero attached hydrogens (tertiary/aromatic N) is 6. The van der Waals surface area contributed by atoms with Gasteiger partial charge >= 0.3 is 5.97 Å². The Labute approximate surface area is 226 Å². The number of aliphatic carboxylic acids is 1. The second kappa shape index (κ2) is 9.71. The van der Waals surface area contributed by atoms with Gasteiger partial charge in [-0.15, -0.1) is 0 Å². The number of carbonyl (C=O) groups is 1. The number of carboxylic acids is 1. The SMILES string of the molecule is Cc1nn(C(C)c2ccc(Cl)cc2Cl)c2nc(N3CC(C4CCCN(C5CC(C(=O)O)C5)C4)C3)cnc12. The third kappa shape index (κ3) is 4.57. The Morgan fingerprint density at radius 3 is 2.68 bits per heavy atom. The molecule has 2 saturated heterocycles. The third-order valence-electron chi connectivity index (χ3n) is 8.71. The van der Waals surface area contributed by atoms with Gasteiger partial charge in [0, 0.05) is 35.7 Å². The van der Waals surface area contributed by atoms with Gasteiger partial charge in [-0.2, -0.15) is 5.10 Å². The predicted octanol–water partition coefficient (Wildman–Crippen LogP) is 5.06. The molecule has 3 aromatic rings. The third-order valence-corrected chi connectivity index (χ3v) is 9.27. The van der Waals surface area contributed by atoms with Gasteiger partial charge in [-0.3, -0.25) is 4.79 Å². The molecule has 3 fully saturated rings. The molecule has 0 bridgehead atoms. The molecular weight excluding hydrogens is 511 g/mol. The van der Waals surface area contributed by atoms with Crippen LogP contribution in [0.25, 0.3) is 11.2 Å². The maximum absolute atomic E-state index is 11.2. The highest BCUT2D eigenvalue weighted by Gasteiger charge is 2.42. The summed E-state index contributed by atoms with van der Waals surface area (Å²) in [6, 6.07) is 5.88. The average molecular weight is 543 g/mol. The summed E-state index contributed by atoms with van der Waals surface area (Å²) < 4.78 is 1.91. The van der Waals surface area contributed by atoms with Crippen molar-refractivity contribution >= 4 is 46.2 Å². The van der Waals surface area contributed by atoms with E-state index < -0.39 is 5.97 Å². The zero-order valence-electron chi connectivity index (χ0n) is 21.1. The number of rotatable bonds is 6. The standard InChI is InChI=1S/C27H32Cl2N6O2/c1-15-25-26(35(32-15)16(2)22-6-5-20(28)10-23(22)29)31-24(11-30-25)34-13-19(14-34)17-4-3-7-33(12-17)21-8-18(9-21)27(36)37/h5-6,10-11,16-19,21H,3-4,7-9,12-14H2,1-2H3,(H,36,37). The van der Waals surface area contributed by atoms with Crippen LogP contribution in [0.2, 0.25) is 10.0 Å².